The van der Waals surface area contributed by atoms with Crippen LogP contribution in [-0.2, 0) is 0 Å². The average Bonchev–Trinajstić information content (AvgIpc) is 2.92. The Balaban J connectivity index is 1.82. The Bertz CT molecular complexity index is 759. The van der Waals surface area contributed by atoms with Crippen LogP contribution in [0.4, 0.5) is 0 Å². The normalized spacial score (nSPS) is 17.8. The molecule has 0 aliphatic carbocycles. The summed E-state index contributed by atoms with van der Waals surface area (Å²) in [7, 11) is 1.54. The number of piperidine rings is 1. The first-order chi connectivity index (χ1) is 11.5. The molecule has 0 spiro atoms. The van der Waals surface area contributed by atoms with Crippen LogP contribution in [0.25, 0.3) is 0 Å². The average molecular weight is 349 g/mol. The third kappa shape index (κ3) is 3.24. The van der Waals surface area contributed by atoms with Crippen molar-refractivity contribution in [1.82, 2.24) is 19.7 Å². The standard InChI is InChI=1S/C17H21ClN4O2/c1-11-19-12(2)22(20-11)14-5-4-8-21(10-14)17(23)15-7-6-13(18)9-16(15)24-3/h6-7,9,14H,4-5,8,10H2,1-3H3/t14-/m0/s1. The van der Waals surface area contributed by atoms with Crippen LogP contribution in [0.2, 0.25) is 5.02 Å². The molecule has 1 aromatic carbocycles. The summed E-state index contributed by atoms with van der Waals surface area (Å²) in [6, 6.07) is 5.25. The van der Waals surface area contributed by atoms with Gasteiger partial charge in [0.25, 0.3) is 5.91 Å². The van der Waals surface area contributed by atoms with Gasteiger partial charge in [-0.3, -0.25) is 4.79 Å². The van der Waals surface area contributed by atoms with Crippen molar-refractivity contribution in [2.45, 2.75) is 32.7 Å². The van der Waals surface area contributed by atoms with Crippen molar-refractivity contribution >= 4 is 17.5 Å². The fourth-order valence-corrected chi connectivity index (χ4v) is 3.39. The Hall–Kier alpha value is -2.08. The lowest BCUT2D eigenvalue weighted by Crippen LogP contribution is -2.41. The van der Waals surface area contributed by atoms with Gasteiger partial charge in [-0.15, -0.1) is 0 Å². The highest BCUT2D eigenvalue weighted by Gasteiger charge is 2.28. The molecule has 128 valence electrons. The first kappa shape index (κ1) is 16.8. The molecule has 2 aromatic rings. The molecule has 7 heteroatoms. The zero-order valence-corrected chi connectivity index (χ0v) is 14.9. The maximum absolute atomic E-state index is 12.9. The van der Waals surface area contributed by atoms with Crippen LogP contribution in [0.5, 0.6) is 5.75 Å². The number of methoxy groups -OCH3 is 1. The number of ether oxygens (including phenoxy) is 1. The Morgan fingerprint density at radius 3 is 2.83 bits per heavy atom. The van der Waals surface area contributed by atoms with Crippen molar-refractivity contribution in [3.63, 3.8) is 0 Å². The van der Waals surface area contributed by atoms with Crippen LogP contribution >= 0.6 is 11.6 Å². The molecule has 0 radical (unpaired) electrons. The highest BCUT2D eigenvalue weighted by Crippen LogP contribution is 2.28. The highest BCUT2D eigenvalue weighted by molar-refractivity contribution is 6.30. The molecule has 1 atom stereocenters. The van der Waals surface area contributed by atoms with E-state index in [-0.39, 0.29) is 11.9 Å². The zero-order chi connectivity index (χ0) is 17.3. The van der Waals surface area contributed by atoms with E-state index >= 15 is 0 Å². The molecule has 1 aliphatic rings. The van der Waals surface area contributed by atoms with Gasteiger partial charge >= 0.3 is 0 Å². The van der Waals surface area contributed by atoms with E-state index in [0.717, 1.165) is 31.0 Å². The number of benzene rings is 1. The first-order valence-corrected chi connectivity index (χ1v) is 8.40. The van der Waals surface area contributed by atoms with Crippen LogP contribution < -0.4 is 4.74 Å². The van der Waals surface area contributed by atoms with Crippen LogP contribution in [0.1, 0.15) is 40.9 Å². The SMILES string of the molecule is COc1cc(Cl)ccc1C(=O)N1CCC[C@H](n2nc(C)nc2C)C1. The van der Waals surface area contributed by atoms with Gasteiger partial charge in [0.2, 0.25) is 0 Å². The van der Waals surface area contributed by atoms with E-state index in [1.54, 1.807) is 25.3 Å². The van der Waals surface area contributed by atoms with Crippen molar-refractivity contribution in [2.75, 3.05) is 20.2 Å². The van der Waals surface area contributed by atoms with Gasteiger partial charge in [0.1, 0.15) is 17.4 Å². The Labute approximate surface area is 146 Å². The number of nitrogens with zero attached hydrogens (tertiary/aromatic N) is 4. The maximum Gasteiger partial charge on any atom is 0.257 e. The summed E-state index contributed by atoms with van der Waals surface area (Å²) in [5.74, 6) is 2.11. The van der Waals surface area contributed by atoms with E-state index < -0.39 is 0 Å². The lowest BCUT2D eigenvalue weighted by Gasteiger charge is -2.33. The minimum absolute atomic E-state index is 0.0392. The number of rotatable bonds is 3. The third-order valence-corrected chi connectivity index (χ3v) is 4.57. The maximum atomic E-state index is 12.9. The lowest BCUT2D eigenvalue weighted by atomic mass is 10.0. The minimum Gasteiger partial charge on any atom is -0.496 e. The molecule has 0 unspecified atom stereocenters. The van der Waals surface area contributed by atoms with Gasteiger partial charge in [0, 0.05) is 18.1 Å². The summed E-state index contributed by atoms with van der Waals surface area (Å²) in [5.41, 5.74) is 0.536. The van der Waals surface area contributed by atoms with E-state index in [1.165, 1.54) is 0 Å². The summed E-state index contributed by atoms with van der Waals surface area (Å²) in [5, 5.41) is 5.02. The number of aromatic nitrogens is 3. The van der Waals surface area contributed by atoms with Crippen molar-refractivity contribution in [3.05, 3.63) is 40.4 Å². The predicted molar refractivity (Wildman–Crippen MR) is 91.7 cm³/mol. The van der Waals surface area contributed by atoms with E-state index in [9.17, 15) is 4.79 Å². The Kier molecular flexibility index (Phi) is 4.76. The van der Waals surface area contributed by atoms with Gasteiger partial charge in [-0.2, -0.15) is 5.10 Å². The third-order valence-electron chi connectivity index (χ3n) is 4.33. The monoisotopic (exact) mass is 348 g/mol. The van der Waals surface area contributed by atoms with E-state index in [2.05, 4.69) is 10.1 Å². The molecule has 0 saturated carbocycles. The largest absolute Gasteiger partial charge is 0.496 e. The zero-order valence-electron chi connectivity index (χ0n) is 14.1. The second-order valence-electron chi connectivity index (χ2n) is 6.04. The molecule has 24 heavy (non-hydrogen) atoms. The van der Waals surface area contributed by atoms with Crippen LogP contribution in [0.15, 0.2) is 18.2 Å². The molecular formula is C17H21ClN4O2. The van der Waals surface area contributed by atoms with Crippen molar-refractivity contribution in [2.24, 2.45) is 0 Å². The summed E-state index contributed by atoms with van der Waals surface area (Å²) < 4.78 is 7.25. The molecular weight excluding hydrogens is 328 g/mol. The molecule has 1 saturated heterocycles. The summed E-state index contributed by atoms with van der Waals surface area (Å²) in [6.07, 6.45) is 1.93. The number of amides is 1. The topological polar surface area (TPSA) is 60.2 Å². The molecule has 1 aliphatic heterocycles. The second kappa shape index (κ2) is 6.81. The number of hydrogen-bond donors (Lipinski definition) is 0. The number of aryl methyl sites for hydroxylation is 2. The number of likely N-dealkylation sites (tertiary alicyclic amines) is 1. The first-order valence-electron chi connectivity index (χ1n) is 8.02. The van der Waals surface area contributed by atoms with Gasteiger partial charge in [-0.05, 0) is 44.9 Å². The summed E-state index contributed by atoms with van der Waals surface area (Å²) in [4.78, 5) is 19.1. The van der Waals surface area contributed by atoms with Crippen molar-refractivity contribution < 1.29 is 9.53 Å². The van der Waals surface area contributed by atoms with Gasteiger partial charge in [0.15, 0.2) is 0 Å². The molecule has 0 bridgehead atoms. The van der Waals surface area contributed by atoms with Crippen molar-refractivity contribution in [1.29, 1.82) is 0 Å². The van der Waals surface area contributed by atoms with Gasteiger partial charge in [-0.25, -0.2) is 9.67 Å². The van der Waals surface area contributed by atoms with Gasteiger partial charge in [-0.1, -0.05) is 11.6 Å². The Morgan fingerprint density at radius 1 is 1.38 bits per heavy atom. The summed E-state index contributed by atoms with van der Waals surface area (Å²) in [6.45, 7) is 5.18. The highest BCUT2D eigenvalue weighted by atomic mass is 35.5. The fourth-order valence-electron chi connectivity index (χ4n) is 3.23. The number of carbonyl (C=O) groups is 1. The smallest absolute Gasteiger partial charge is 0.257 e. The molecule has 1 aromatic heterocycles. The minimum atomic E-state index is -0.0392. The molecule has 2 heterocycles. The van der Waals surface area contributed by atoms with Crippen LogP contribution in [0.3, 0.4) is 0 Å². The number of carbonyl (C=O) groups excluding carboxylic acids is 1. The molecule has 1 amide bonds. The number of halogens is 1. The molecule has 0 N–H and O–H groups in total. The second-order valence-corrected chi connectivity index (χ2v) is 6.48. The number of hydrogen-bond acceptors (Lipinski definition) is 4. The lowest BCUT2D eigenvalue weighted by molar-refractivity contribution is 0.0668. The van der Waals surface area contributed by atoms with Crippen LogP contribution in [-0.4, -0.2) is 45.8 Å². The predicted octanol–water partition coefficient (Wildman–Crippen LogP) is 3.03. The quantitative estimate of drug-likeness (QED) is 0.855. The van der Waals surface area contributed by atoms with E-state index in [0.29, 0.717) is 22.9 Å². The summed E-state index contributed by atoms with van der Waals surface area (Å²) >= 11 is 5.99. The van der Waals surface area contributed by atoms with Gasteiger partial charge < -0.3 is 9.64 Å². The van der Waals surface area contributed by atoms with Crippen molar-refractivity contribution in [3.8, 4) is 5.75 Å². The molecule has 1 fully saturated rings. The Morgan fingerprint density at radius 2 is 2.17 bits per heavy atom. The van der Waals surface area contributed by atoms with E-state index in [4.69, 9.17) is 16.3 Å². The van der Waals surface area contributed by atoms with E-state index in [1.807, 2.05) is 23.4 Å². The molecule has 3 rings (SSSR count). The fraction of sp³-hybridized carbons (Fsp3) is 0.471. The van der Waals surface area contributed by atoms with Gasteiger partial charge in [0.05, 0.1) is 18.7 Å². The van der Waals surface area contributed by atoms with Crippen LogP contribution in [0, 0.1) is 13.8 Å². The molecule has 6 nitrogen and oxygen atoms in total.